The molecule has 0 amide bonds. The van der Waals surface area contributed by atoms with E-state index in [1.807, 2.05) is 13.8 Å². The van der Waals surface area contributed by atoms with Gasteiger partial charge in [0.15, 0.2) is 6.29 Å². The predicted molar refractivity (Wildman–Crippen MR) is 96.9 cm³/mol. The molecule has 0 spiro atoms. The normalized spacial score (nSPS) is 47.2. The van der Waals surface area contributed by atoms with Gasteiger partial charge in [-0.2, -0.15) is 4.91 Å². The molecule has 3 rings (SSSR count). The van der Waals surface area contributed by atoms with Crippen molar-refractivity contribution in [1.82, 2.24) is 0 Å². The second-order valence-corrected chi connectivity index (χ2v) is 10.8. The minimum atomic E-state index is -1.05. The molecule has 0 heterocycles. The van der Waals surface area contributed by atoms with Crippen LogP contribution in [0, 0.1) is 27.1 Å². The quantitative estimate of drug-likeness (QED) is 0.591. The van der Waals surface area contributed by atoms with Gasteiger partial charge in [-0.1, -0.05) is 46.7 Å². The van der Waals surface area contributed by atoms with Crippen molar-refractivity contribution < 1.29 is 14.9 Å². The number of aliphatic hydroxyl groups excluding tert-OH is 2. The minimum Gasteiger partial charge on any atom is -0.392 e. The lowest BCUT2D eigenvalue weighted by Gasteiger charge is -2.52. The van der Waals surface area contributed by atoms with Gasteiger partial charge in [-0.3, -0.25) is 0 Å². The summed E-state index contributed by atoms with van der Waals surface area (Å²) in [6, 6.07) is 0. The summed E-state index contributed by atoms with van der Waals surface area (Å²) < 4.78 is 6.40. The minimum absolute atomic E-state index is 0.305. The van der Waals surface area contributed by atoms with Crippen LogP contribution in [0.5, 0.6) is 0 Å². The van der Waals surface area contributed by atoms with Crippen molar-refractivity contribution in [2.45, 2.75) is 104 Å². The number of aliphatic hydroxyl groups is 2. The highest BCUT2D eigenvalue weighted by Gasteiger charge is 2.79. The average molecular weight is 354 g/mol. The summed E-state index contributed by atoms with van der Waals surface area (Å²) >= 11 is 0. The Balaban J connectivity index is 1.89. The Morgan fingerprint density at radius 3 is 2.28 bits per heavy atom. The van der Waals surface area contributed by atoms with Crippen LogP contribution in [0.15, 0.2) is 5.18 Å². The molecule has 0 radical (unpaired) electrons. The third kappa shape index (κ3) is 2.53. The summed E-state index contributed by atoms with van der Waals surface area (Å²) in [5.41, 5.74) is -2.45. The predicted octanol–water partition coefficient (Wildman–Crippen LogP) is 4.00. The molecule has 0 aromatic rings. The molecule has 25 heavy (non-hydrogen) atoms. The van der Waals surface area contributed by atoms with E-state index in [1.54, 1.807) is 0 Å². The monoisotopic (exact) mass is 353 g/mol. The maximum Gasteiger partial charge on any atom is 0.164 e. The van der Waals surface area contributed by atoms with Gasteiger partial charge in [0.2, 0.25) is 0 Å². The Morgan fingerprint density at radius 1 is 1.20 bits per heavy atom. The zero-order valence-corrected chi connectivity index (χ0v) is 16.6. The molecule has 0 aromatic carbocycles. The number of rotatable bonds is 4. The first kappa shape index (κ1) is 19.2. The maximum atomic E-state index is 11.6. The molecule has 6 unspecified atom stereocenters. The van der Waals surface area contributed by atoms with Crippen LogP contribution in [0.3, 0.4) is 0 Å². The standard InChI is InChI=1S/C20H35NO4/c1-13-10-18(21-24)8-7-9-19(11-13,12-18)25-15(23)20(16(2,3)4)14(22)17(20,5)6/h13-15,22-23H,7-12H2,1-6H3. The Labute approximate surface area is 151 Å². The molecule has 5 nitrogen and oxygen atoms in total. The van der Waals surface area contributed by atoms with E-state index in [2.05, 4.69) is 32.9 Å². The van der Waals surface area contributed by atoms with Gasteiger partial charge in [-0.05, 0) is 43.4 Å². The van der Waals surface area contributed by atoms with Crippen LogP contribution in [0.25, 0.3) is 0 Å². The van der Waals surface area contributed by atoms with Crippen LogP contribution < -0.4 is 0 Å². The lowest BCUT2D eigenvalue weighted by Crippen LogP contribution is -2.55. The SMILES string of the molecule is CC1CC2(N=O)CCCC(OC(O)C3(C(C)(C)C)C(O)C3(C)C)(C1)C2. The van der Waals surface area contributed by atoms with E-state index in [0.29, 0.717) is 12.3 Å². The van der Waals surface area contributed by atoms with Gasteiger partial charge in [0, 0.05) is 11.8 Å². The molecule has 3 aliphatic carbocycles. The van der Waals surface area contributed by atoms with E-state index < -0.39 is 34.4 Å². The highest BCUT2D eigenvalue weighted by molar-refractivity contribution is 5.24. The number of nitroso groups, excluding NO2 is 1. The summed E-state index contributed by atoms with van der Waals surface area (Å²) in [7, 11) is 0. The maximum absolute atomic E-state index is 11.6. The molecule has 3 aliphatic rings. The molecule has 144 valence electrons. The van der Waals surface area contributed by atoms with Gasteiger partial charge in [-0.15, -0.1) is 0 Å². The van der Waals surface area contributed by atoms with Gasteiger partial charge in [-0.25, -0.2) is 0 Å². The van der Waals surface area contributed by atoms with Gasteiger partial charge in [0.05, 0.1) is 17.1 Å². The third-order valence-electron chi connectivity index (χ3n) is 7.66. The van der Waals surface area contributed by atoms with Gasteiger partial charge in [0.25, 0.3) is 0 Å². The molecular formula is C20H35NO4. The van der Waals surface area contributed by atoms with E-state index in [0.717, 1.165) is 32.1 Å². The van der Waals surface area contributed by atoms with Crippen molar-refractivity contribution in [2.75, 3.05) is 0 Å². The summed E-state index contributed by atoms with van der Waals surface area (Å²) in [6.45, 7) is 12.3. The third-order valence-corrected chi connectivity index (χ3v) is 7.66. The first-order chi connectivity index (χ1) is 11.4. The van der Waals surface area contributed by atoms with E-state index in [1.165, 1.54) is 0 Å². The van der Waals surface area contributed by atoms with Crippen LogP contribution in [0.4, 0.5) is 0 Å². The van der Waals surface area contributed by atoms with E-state index in [-0.39, 0.29) is 5.41 Å². The Morgan fingerprint density at radius 2 is 1.80 bits per heavy atom. The highest BCUT2D eigenvalue weighted by atomic mass is 16.6. The van der Waals surface area contributed by atoms with Crippen LogP contribution in [0.2, 0.25) is 0 Å². The zero-order chi connectivity index (χ0) is 18.9. The van der Waals surface area contributed by atoms with E-state index in [9.17, 15) is 15.1 Å². The summed E-state index contributed by atoms with van der Waals surface area (Å²) in [5.74, 6) is 0.349. The van der Waals surface area contributed by atoms with E-state index in [4.69, 9.17) is 4.74 Å². The van der Waals surface area contributed by atoms with Crippen molar-refractivity contribution in [3.8, 4) is 0 Å². The Hall–Kier alpha value is -0.520. The molecule has 2 N–H and O–H groups in total. The fourth-order valence-corrected chi connectivity index (χ4v) is 6.78. The molecule has 0 aromatic heterocycles. The lowest BCUT2D eigenvalue weighted by molar-refractivity contribution is -0.267. The zero-order valence-electron chi connectivity index (χ0n) is 16.6. The van der Waals surface area contributed by atoms with Crippen molar-refractivity contribution in [1.29, 1.82) is 0 Å². The number of ether oxygens (including phenoxy) is 1. The Kier molecular flexibility index (Phi) is 4.23. The molecule has 2 bridgehead atoms. The molecule has 6 atom stereocenters. The molecule has 0 aliphatic heterocycles. The first-order valence-electron chi connectivity index (χ1n) is 9.74. The fraction of sp³-hybridized carbons (Fsp3) is 1.00. The second-order valence-electron chi connectivity index (χ2n) is 10.8. The molecule has 3 fully saturated rings. The van der Waals surface area contributed by atoms with Gasteiger partial charge in [0.1, 0.15) is 5.54 Å². The summed E-state index contributed by atoms with van der Waals surface area (Å²) in [4.78, 5) is 11.6. The van der Waals surface area contributed by atoms with Gasteiger partial charge < -0.3 is 14.9 Å². The smallest absolute Gasteiger partial charge is 0.164 e. The van der Waals surface area contributed by atoms with Crippen molar-refractivity contribution >= 4 is 0 Å². The largest absolute Gasteiger partial charge is 0.392 e. The number of fused-ring (bicyclic) bond motifs is 2. The van der Waals surface area contributed by atoms with E-state index >= 15 is 0 Å². The van der Waals surface area contributed by atoms with Crippen LogP contribution >= 0.6 is 0 Å². The fourth-order valence-electron chi connectivity index (χ4n) is 6.78. The van der Waals surface area contributed by atoms with Crippen LogP contribution in [0.1, 0.15) is 80.1 Å². The summed E-state index contributed by atoms with van der Waals surface area (Å²) in [5, 5.41) is 25.4. The molecule has 5 heteroatoms. The molecular weight excluding hydrogens is 318 g/mol. The Bertz CT molecular complexity index is 544. The average Bonchev–Trinajstić information content (AvgIpc) is 2.91. The highest BCUT2D eigenvalue weighted by Crippen LogP contribution is 2.73. The number of nitrogens with zero attached hydrogens (tertiary/aromatic N) is 1. The van der Waals surface area contributed by atoms with Crippen molar-refractivity contribution in [2.24, 2.45) is 27.3 Å². The number of hydrogen-bond donors (Lipinski definition) is 2. The molecule has 3 saturated carbocycles. The van der Waals surface area contributed by atoms with Crippen molar-refractivity contribution in [3.63, 3.8) is 0 Å². The second kappa shape index (κ2) is 5.49. The topological polar surface area (TPSA) is 79.1 Å². The molecule has 0 saturated heterocycles. The van der Waals surface area contributed by atoms with Crippen molar-refractivity contribution in [3.05, 3.63) is 4.91 Å². The van der Waals surface area contributed by atoms with Gasteiger partial charge >= 0.3 is 0 Å². The van der Waals surface area contributed by atoms with Crippen LogP contribution in [-0.4, -0.2) is 33.7 Å². The summed E-state index contributed by atoms with van der Waals surface area (Å²) in [6.07, 6.45) is 3.17. The van der Waals surface area contributed by atoms with Crippen LogP contribution in [-0.2, 0) is 4.74 Å². The lowest BCUT2D eigenvalue weighted by atomic mass is 9.61. The first-order valence-corrected chi connectivity index (χ1v) is 9.74. The number of hydrogen-bond acceptors (Lipinski definition) is 5.